The maximum atomic E-state index is 14.7. The van der Waals surface area contributed by atoms with Crippen LogP contribution in [-0.2, 0) is 4.74 Å². The minimum absolute atomic E-state index is 0.0128. The predicted molar refractivity (Wildman–Crippen MR) is 146 cm³/mol. The van der Waals surface area contributed by atoms with Gasteiger partial charge >= 0.3 is 6.01 Å². The van der Waals surface area contributed by atoms with E-state index in [2.05, 4.69) is 44.3 Å². The Hall–Kier alpha value is -3.83. The fraction of sp³-hybridized carbons (Fsp3) is 0.429. The summed E-state index contributed by atoms with van der Waals surface area (Å²) in [4.78, 5) is 29.2. The van der Waals surface area contributed by atoms with Crippen LogP contribution in [0.25, 0.3) is 16.6 Å². The summed E-state index contributed by atoms with van der Waals surface area (Å²) < 4.78 is 27.8. The van der Waals surface area contributed by atoms with Gasteiger partial charge in [0.15, 0.2) is 11.5 Å². The largest absolute Gasteiger partial charge is 0.461 e. The van der Waals surface area contributed by atoms with Crippen molar-refractivity contribution in [2.45, 2.75) is 51.8 Å². The lowest BCUT2D eigenvalue weighted by Crippen LogP contribution is -2.54. The lowest BCUT2D eigenvalue weighted by Gasteiger charge is -2.38. The monoisotopic (exact) mass is 533 g/mol. The average Bonchev–Trinajstić information content (AvgIpc) is 3.55. The molecule has 1 aromatic carbocycles. The predicted octanol–water partition coefficient (Wildman–Crippen LogP) is 3.72. The van der Waals surface area contributed by atoms with Crippen molar-refractivity contribution in [1.82, 2.24) is 24.7 Å². The third-order valence-corrected chi connectivity index (χ3v) is 7.16. The summed E-state index contributed by atoms with van der Waals surface area (Å²) in [5, 5.41) is 7.13. The summed E-state index contributed by atoms with van der Waals surface area (Å²) in [6.45, 7) is 8.79. The Morgan fingerprint density at radius 2 is 2.05 bits per heavy atom. The highest BCUT2D eigenvalue weighted by atomic mass is 19.1. The molecule has 4 aromatic rings. The number of ether oxygens (including phenoxy) is 2. The lowest BCUT2D eigenvalue weighted by atomic mass is 10.0. The molecule has 2 aliphatic rings. The van der Waals surface area contributed by atoms with E-state index in [0.29, 0.717) is 41.2 Å². The van der Waals surface area contributed by atoms with E-state index in [-0.39, 0.29) is 17.8 Å². The van der Waals surface area contributed by atoms with Gasteiger partial charge in [-0.3, -0.25) is 4.79 Å². The number of anilines is 2. The number of fused-ring (bicyclic) bond motifs is 2. The number of halogens is 1. The molecular formula is C28H32FN7O3. The van der Waals surface area contributed by atoms with Gasteiger partial charge in [0.25, 0.3) is 5.91 Å². The molecule has 204 valence electrons. The molecule has 2 fully saturated rings. The van der Waals surface area contributed by atoms with Gasteiger partial charge in [0.05, 0.1) is 28.6 Å². The number of nitrogens with one attached hydrogen (secondary N) is 2. The molecule has 6 rings (SSSR count). The molecule has 0 radical (unpaired) electrons. The number of nitrogens with zero attached hydrogens (tertiary/aromatic N) is 5. The molecule has 0 saturated carbocycles. The molecule has 0 spiro atoms. The van der Waals surface area contributed by atoms with Crippen LogP contribution in [0.15, 0.2) is 36.8 Å². The summed E-state index contributed by atoms with van der Waals surface area (Å²) in [6, 6.07) is 5.76. The van der Waals surface area contributed by atoms with Gasteiger partial charge in [-0.2, -0.15) is 4.98 Å². The van der Waals surface area contributed by atoms with Crippen molar-refractivity contribution in [3.63, 3.8) is 0 Å². The molecular weight excluding hydrogens is 501 g/mol. The Balaban J connectivity index is 1.36. The first-order valence-corrected chi connectivity index (χ1v) is 13.4. The average molecular weight is 534 g/mol. The topological polar surface area (TPSA) is 106 Å². The number of imidazole rings is 1. The number of carbonyl (C=O) groups excluding carboxylic acids is 1. The van der Waals surface area contributed by atoms with Gasteiger partial charge < -0.3 is 29.4 Å². The van der Waals surface area contributed by atoms with Crippen LogP contribution in [0, 0.1) is 12.7 Å². The van der Waals surface area contributed by atoms with E-state index in [0.717, 1.165) is 43.6 Å². The molecule has 0 bridgehead atoms. The van der Waals surface area contributed by atoms with E-state index in [4.69, 9.17) is 9.47 Å². The van der Waals surface area contributed by atoms with Crippen molar-refractivity contribution in [3.05, 3.63) is 53.9 Å². The van der Waals surface area contributed by atoms with E-state index in [1.54, 1.807) is 36.0 Å². The number of hydrogen-bond acceptors (Lipinski definition) is 8. The molecule has 39 heavy (non-hydrogen) atoms. The number of aromatic nitrogens is 4. The summed E-state index contributed by atoms with van der Waals surface area (Å²) in [6.07, 6.45) is 7.02. The smallest absolute Gasteiger partial charge is 0.317 e. The Kier molecular flexibility index (Phi) is 6.78. The van der Waals surface area contributed by atoms with E-state index in [1.165, 1.54) is 6.07 Å². The van der Waals surface area contributed by atoms with Crippen molar-refractivity contribution in [3.8, 4) is 6.01 Å². The number of carbonyl (C=O) groups is 1. The zero-order valence-electron chi connectivity index (χ0n) is 22.3. The van der Waals surface area contributed by atoms with Crippen LogP contribution in [0.2, 0.25) is 0 Å². The van der Waals surface area contributed by atoms with Gasteiger partial charge in [-0.25, -0.2) is 14.4 Å². The number of rotatable bonds is 6. The minimum atomic E-state index is -0.518. The molecule has 2 saturated heterocycles. The summed E-state index contributed by atoms with van der Waals surface area (Å²) in [7, 11) is 0. The van der Waals surface area contributed by atoms with Crippen LogP contribution in [0.3, 0.4) is 0 Å². The van der Waals surface area contributed by atoms with Crippen LogP contribution >= 0.6 is 0 Å². The number of benzene rings is 1. The molecule has 2 N–H and O–H groups in total. The van der Waals surface area contributed by atoms with Gasteiger partial charge in [0.1, 0.15) is 6.61 Å². The molecule has 0 unspecified atom stereocenters. The SMILES string of the molecule is Cc1cn2cc(NC(=O)c3ccc(N4C[C@@H](C)N[C@@H](C)C4)c4cnc(OC[C@H]5CCCO5)nc34)cc(F)c2n1. The highest BCUT2D eigenvalue weighted by molar-refractivity contribution is 6.13. The van der Waals surface area contributed by atoms with Crippen LogP contribution < -0.4 is 20.3 Å². The molecule has 2 aliphatic heterocycles. The second-order valence-electron chi connectivity index (χ2n) is 10.5. The van der Waals surface area contributed by atoms with Crippen molar-refractivity contribution >= 4 is 33.8 Å². The first-order valence-electron chi connectivity index (χ1n) is 13.4. The van der Waals surface area contributed by atoms with E-state index < -0.39 is 11.7 Å². The molecule has 11 heteroatoms. The number of amides is 1. The Labute approximate surface area is 225 Å². The third kappa shape index (κ3) is 5.24. The van der Waals surface area contributed by atoms with Crippen LogP contribution in [0.4, 0.5) is 15.8 Å². The van der Waals surface area contributed by atoms with Crippen LogP contribution in [-0.4, -0.2) is 69.8 Å². The number of hydrogen-bond donors (Lipinski definition) is 2. The quantitative estimate of drug-likeness (QED) is 0.386. The molecule has 3 aromatic heterocycles. The van der Waals surface area contributed by atoms with Crippen LogP contribution in [0.5, 0.6) is 6.01 Å². The molecule has 10 nitrogen and oxygen atoms in total. The first kappa shape index (κ1) is 25.4. The standard InChI is InChI=1S/C28H32FN7O3/c1-16-11-35(12-17(2)31-16)24-7-6-21(25-22(24)10-30-28(34-25)39-15-20-5-4-8-38-20)27(37)33-19-9-23(29)26-32-18(3)13-36(26)14-19/h6-7,9-10,13-14,16-17,20,31H,4-5,8,11-12,15H2,1-3H3,(H,33,37)/t16-,17+,20-/m1/s1. The Morgan fingerprint density at radius 1 is 1.23 bits per heavy atom. The van der Waals surface area contributed by atoms with Crippen molar-refractivity contribution in [2.75, 3.05) is 36.5 Å². The van der Waals surface area contributed by atoms with E-state index in [9.17, 15) is 9.18 Å². The number of piperazine rings is 1. The minimum Gasteiger partial charge on any atom is -0.461 e. The van der Waals surface area contributed by atoms with Crippen molar-refractivity contribution in [2.24, 2.45) is 0 Å². The zero-order valence-corrected chi connectivity index (χ0v) is 22.3. The van der Waals surface area contributed by atoms with Crippen LogP contribution in [0.1, 0.15) is 42.7 Å². The second kappa shape index (κ2) is 10.4. The summed E-state index contributed by atoms with van der Waals surface area (Å²) >= 11 is 0. The van der Waals surface area contributed by atoms with E-state index >= 15 is 0 Å². The Morgan fingerprint density at radius 3 is 2.82 bits per heavy atom. The van der Waals surface area contributed by atoms with E-state index in [1.807, 2.05) is 6.07 Å². The highest BCUT2D eigenvalue weighted by Crippen LogP contribution is 2.31. The lowest BCUT2D eigenvalue weighted by molar-refractivity contribution is 0.0646. The normalized spacial score (nSPS) is 21.5. The fourth-order valence-corrected chi connectivity index (χ4v) is 5.53. The Bertz CT molecular complexity index is 1520. The number of aryl methyl sites for hydroxylation is 1. The maximum absolute atomic E-state index is 14.7. The third-order valence-electron chi connectivity index (χ3n) is 7.16. The number of pyridine rings is 1. The molecule has 0 aliphatic carbocycles. The van der Waals surface area contributed by atoms with Gasteiger partial charge in [-0.15, -0.1) is 0 Å². The zero-order chi connectivity index (χ0) is 27.1. The molecule has 5 heterocycles. The summed E-state index contributed by atoms with van der Waals surface area (Å²) in [5.74, 6) is -0.928. The van der Waals surface area contributed by atoms with Gasteiger partial charge in [-0.1, -0.05) is 0 Å². The van der Waals surface area contributed by atoms with Gasteiger partial charge in [0, 0.05) is 67.5 Å². The second-order valence-corrected chi connectivity index (χ2v) is 10.5. The van der Waals surface area contributed by atoms with Crippen molar-refractivity contribution < 1.29 is 18.7 Å². The molecule has 1 amide bonds. The van der Waals surface area contributed by atoms with Gasteiger partial charge in [0.2, 0.25) is 0 Å². The highest BCUT2D eigenvalue weighted by Gasteiger charge is 2.25. The van der Waals surface area contributed by atoms with Crippen molar-refractivity contribution in [1.29, 1.82) is 0 Å². The van der Waals surface area contributed by atoms with Gasteiger partial charge in [-0.05, 0) is 45.7 Å². The first-order chi connectivity index (χ1) is 18.8. The summed E-state index contributed by atoms with van der Waals surface area (Å²) in [5.41, 5.74) is 2.98. The molecule has 3 atom stereocenters. The fourth-order valence-electron chi connectivity index (χ4n) is 5.53. The maximum Gasteiger partial charge on any atom is 0.317 e.